The van der Waals surface area contributed by atoms with Crippen LogP contribution in [0.1, 0.15) is 21.5 Å². The van der Waals surface area contributed by atoms with E-state index in [2.05, 4.69) is 0 Å². The highest BCUT2D eigenvalue weighted by Gasteiger charge is 2.07. The molecule has 3 aromatic carbocycles. The van der Waals surface area contributed by atoms with Crippen molar-refractivity contribution in [3.63, 3.8) is 0 Å². The van der Waals surface area contributed by atoms with Crippen molar-refractivity contribution in [2.24, 2.45) is 0 Å². The van der Waals surface area contributed by atoms with Crippen LogP contribution in [0, 0.1) is 5.82 Å². The second-order valence-electron chi connectivity index (χ2n) is 5.99. The average Bonchev–Trinajstić information content (AvgIpc) is 2.72. The molecule has 0 aliphatic carbocycles. The summed E-state index contributed by atoms with van der Waals surface area (Å²) in [5, 5.41) is 0.639. The molecule has 5 heteroatoms. The molecule has 0 radical (unpaired) electrons. The summed E-state index contributed by atoms with van der Waals surface area (Å²) >= 11 is 6.15. The third kappa shape index (κ3) is 4.99. The van der Waals surface area contributed by atoms with E-state index >= 15 is 0 Å². The molecule has 0 saturated carbocycles. The summed E-state index contributed by atoms with van der Waals surface area (Å²) < 4.78 is 24.2. The van der Waals surface area contributed by atoms with E-state index in [0.717, 1.165) is 11.1 Å². The summed E-state index contributed by atoms with van der Waals surface area (Å²) in [4.78, 5) is 12.2. The van der Waals surface area contributed by atoms with Crippen molar-refractivity contribution in [1.82, 2.24) is 0 Å². The minimum Gasteiger partial charge on any atom is -0.493 e. The molecule has 3 aromatic rings. The first-order valence-electron chi connectivity index (χ1n) is 8.59. The Kier molecular flexibility index (Phi) is 6.45. The van der Waals surface area contributed by atoms with E-state index in [-0.39, 0.29) is 11.6 Å². The van der Waals surface area contributed by atoms with Gasteiger partial charge in [0.25, 0.3) is 0 Å². The zero-order valence-corrected chi connectivity index (χ0v) is 15.9. The fraction of sp³-hybridized carbons (Fsp3) is 0.0870. The third-order valence-electron chi connectivity index (χ3n) is 4.08. The number of ketones is 1. The van der Waals surface area contributed by atoms with E-state index in [1.807, 2.05) is 30.3 Å². The summed E-state index contributed by atoms with van der Waals surface area (Å²) in [5.74, 6) is 0.531. The number of rotatable bonds is 7. The number of carbonyl (C=O) groups excluding carboxylic acids is 1. The number of halogens is 2. The molecule has 0 fully saturated rings. The zero-order chi connectivity index (χ0) is 19.9. The van der Waals surface area contributed by atoms with E-state index in [4.69, 9.17) is 21.1 Å². The number of carbonyl (C=O) groups is 1. The molecule has 0 aliphatic rings. The maximum atomic E-state index is 13.0. The monoisotopic (exact) mass is 396 g/mol. The van der Waals surface area contributed by atoms with Crippen LogP contribution in [0.15, 0.2) is 72.8 Å². The van der Waals surface area contributed by atoms with Gasteiger partial charge in [0, 0.05) is 16.1 Å². The average molecular weight is 397 g/mol. The van der Waals surface area contributed by atoms with Crippen molar-refractivity contribution < 1.29 is 18.7 Å². The molecule has 0 atom stereocenters. The number of hydrogen-bond donors (Lipinski definition) is 0. The van der Waals surface area contributed by atoms with Crippen molar-refractivity contribution in [2.45, 2.75) is 6.61 Å². The summed E-state index contributed by atoms with van der Waals surface area (Å²) in [6.07, 6.45) is 3.11. The molecule has 0 N–H and O–H groups in total. The molecule has 0 aromatic heterocycles. The molecule has 0 saturated heterocycles. The predicted octanol–water partition coefficient (Wildman–Crippen LogP) is 5.96. The van der Waals surface area contributed by atoms with Crippen LogP contribution in [-0.2, 0) is 6.61 Å². The van der Waals surface area contributed by atoms with Crippen molar-refractivity contribution >= 4 is 23.5 Å². The van der Waals surface area contributed by atoms with Gasteiger partial charge in [-0.3, -0.25) is 4.79 Å². The topological polar surface area (TPSA) is 35.5 Å². The van der Waals surface area contributed by atoms with Crippen molar-refractivity contribution in [3.05, 3.63) is 100 Å². The third-order valence-corrected chi connectivity index (χ3v) is 4.45. The Balaban J connectivity index is 1.71. The summed E-state index contributed by atoms with van der Waals surface area (Å²) in [6.45, 7) is 0.314. The first kappa shape index (κ1) is 19.6. The Hall–Kier alpha value is -3.11. The zero-order valence-electron chi connectivity index (χ0n) is 15.2. The quantitative estimate of drug-likeness (QED) is 0.365. The van der Waals surface area contributed by atoms with Crippen molar-refractivity contribution in [3.8, 4) is 11.5 Å². The SMILES string of the molecule is COc1cc(/C=C/C(=O)c2ccc(F)cc2)ccc1OCc1ccccc1Cl. The molecule has 142 valence electrons. The first-order chi connectivity index (χ1) is 13.6. The number of ether oxygens (including phenoxy) is 2. The van der Waals surface area contributed by atoms with E-state index in [1.165, 1.54) is 30.3 Å². The Morgan fingerprint density at radius 3 is 2.50 bits per heavy atom. The summed E-state index contributed by atoms with van der Waals surface area (Å²) in [6, 6.07) is 18.3. The lowest BCUT2D eigenvalue weighted by Crippen LogP contribution is -1.98. The van der Waals surface area contributed by atoms with Crippen LogP contribution in [0.5, 0.6) is 11.5 Å². The minimum atomic E-state index is -0.377. The van der Waals surface area contributed by atoms with Gasteiger partial charge in [-0.25, -0.2) is 4.39 Å². The van der Waals surface area contributed by atoms with Gasteiger partial charge in [-0.15, -0.1) is 0 Å². The minimum absolute atomic E-state index is 0.210. The van der Waals surface area contributed by atoms with E-state index < -0.39 is 0 Å². The van der Waals surface area contributed by atoms with Gasteiger partial charge >= 0.3 is 0 Å². The largest absolute Gasteiger partial charge is 0.493 e. The predicted molar refractivity (Wildman–Crippen MR) is 109 cm³/mol. The normalized spacial score (nSPS) is 10.8. The van der Waals surface area contributed by atoms with Crippen LogP contribution < -0.4 is 9.47 Å². The van der Waals surface area contributed by atoms with Crippen molar-refractivity contribution in [1.29, 1.82) is 0 Å². The van der Waals surface area contributed by atoms with Gasteiger partial charge in [-0.05, 0) is 54.1 Å². The Morgan fingerprint density at radius 1 is 1.04 bits per heavy atom. The molecule has 28 heavy (non-hydrogen) atoms. The molecule has 0 aliphatic heterocycles. The number of methoxy groups -OCH3 is 1. The second kappa shape index (κ2) is 9.20. The second-order valence-corrected chi connectivity index (χ2v) is 6.40. The maximum absolute atomic E-state index is 13.0. The van der Waals surface area contributed by atoms with E-state index in [1.54, 1.807) is 25.3 Å². The van der Waals surface area contributed by atoms with E-state index in [0.29, 0.717) is 28.7 Å². The first-order valence-corrected chi connectivity index (χ1v) is 8.97. The molecule has 0 bridgehead atoms. The number of allylic oxidation sites excluding steroid dienone is 1. The fourth-order valence-corrected chi connectivity index (χ4v) is 2.75. The van der Waals surface area contributed by atoms with Gasteiger partial charge in [-0.1, -0.05) is 41.9 Å². The highest BCUT2D eigenvalue weighted by atomic mass is 35.5. The van der Waals surface area contributed by atoms with E-state index in [9.17, 15) is 9.18 Å². The Bertz CT molecular complexity index is 997. The van der Waals surface area contributed by atoms with Gasteiger partial charge in [0.2, 0.25) is 0 Å². The molecule has 0 amide bonds. The van der Waals surface area contributed by atoms with Gasteiger partial charge in [0.15, 0.2) is 17.3 Å². The molecular formula is C23H18ClFO3. The number of hydrogen-bond acceptors (Lipinski definition) is 3. The summed E-state index contributed by atoms with van der Waals surface area (Å²) in [5.41, 5.74) is 2.07. The van der Waals surface area contributed by atoms with Gasteiger partial charge in [0.1, 0.15) is 12.4 Å². The molecule has 0 heterocycles. The number of benzene rings is 3. The molecular weight excluding hydrogens is 379 g/mol. The molecule has 0 spiro atoms. The lowest BCUT2D eigenvalue weighted by atomic mass is 10.1. The van der Waals surface area contributed by atoms with Gasteiger partial charge in [0.05, 0.1) is 7.11 Å². The highest BCUT2D eigenvalue weighted by Crippen LogP contribution is 2.30. The lowest BCUT2D eigenvalue weighted by Gasteiger charge is -2.12. The van der Waals surface area contributed by atoms with Gasteiger partial charge in [-0.2, -0.15) is 0 Å². The Labute approximate surface area is 168 Å². The van der Waals surface area contributed by atoms with Crippen molar-refractivity contribution in [2.75, 3.05) is 7.11 Å². The molecule has 3 nitrogen and oxygen atoms in total. The Morgan fingerprint density at radius 2 is 1.79 bits per heavy atom. The molecule has 3 rings (SSSR count). The van der Waals surface area contributed by atoms with Crippen LogP contribution >= 0.6 is 11.6 Å². The standard InChI is InChI=1S/C23H18ClFO3/c1-27-23-14-16(6-12-21(26)17-8-10-19(25)11-9-17)7-13-22(23)28-15-18-4-2-3-5-20(18)24/h2-14H,15H2,1H3/b12-6+. The van der Waals surface area contributed by atoms with Crippen LogP contribution in [0.2, 0.25) is 5.02 Å². The van der Waals surface area contributed by atoms with Crippen LogP contribution in [0.25, 0.3) is 6.08 Å². The highest BCUT2D eigenvalue weighted by molar-refractivity contribution is 6.31. The smallest absolute Gasteiger partial charge is 0.185 e. The fourth-order valence-electron chi connectivity index (χ4n) is 2.56. The van der Waals surface area contributed by atoms with Crippen LogP contribution in [0.3, 0.4) is 0 Å². The van der Waals surface area contributed by atoms with Crippen LogP contribution in [0.4, 0.5) is 4.39 Å². The van der Waals surface area contributed by atoms with Crippen LogP contribution in [-0.4, -0.2) is 12.9 Å². The lowest BCUT2D eigenvalue weighted by molar-refractivity contribution is 0.104. The maximum Gasteiger partial charge on any atom is 0.185 e. The summed E-state index contributed by atoms with van der Waals surface area (Å²) in [7, 11) is 1.55. The molecule has 0 unspecified atom stereocenters. The van der Waals surface area contributed by atoms with Gasteiger partial charge < -0.3 is 9.47 Å².